The van der Waals surface area contributed by atoms with Crippen LogP contribution in [0.5, 0.6) is 0 Å². The number of hydrogen-bond donors (Lipinski definition) is 3. The Kier molecular flexibility index (Phi) is 4.59. The third kappa shape index (κ3) is 3.59. The molecule has 1 saturated carbocycles. The van der Waals surface area contributed by atoms with E-state index >= 15 is 0 Å². The minimum Gasteiger partial charge on any atom is -0.382 e. The Morgan fingerprint density at radius 1 is 1.20 bits per heavy atom. The Morgan fingerprint density at radius 3 is 2.90 bits per heavy atom. The molecule has 0 spiro atoms. The van der Waals surface area contributed by atoms with Crippen LogP contribution in [0.2, 0.25) is 0 Å². The van der Waals surface area contributed by atoms with Crippen LogP contribution in [0.15, 0.2) is 78.1 Å². The second kappa shape index (κ2) is 7.55. The number of nitrogens with two attached hydrogens (primary N) is 1. The predicted octanol–water partition coefficient (Wildman–Crippen LogP) is 2.94. The van der Waals surface area contributed by atoms with E-state index in [2.05, 4.69) is 48.7 Å². The number of benzene rings is 1. The molecule has 2 aliphatic heterocycles. The molecule has 5 rings (SSSR count). The lowest BCUT2D eigenvalue weighted by molar-refractivity contribution is 0.251. The molecule has 8 heteroatoms. The summed E-state index contributed by atoms with van der Waals surface area (Å²) in [4.78, 5) is 24.9. The van der Waals surface area contributed by atoms with E-state index in [0.717, 1.165) is 16.9 Å². The van der Waals surface area contributed by atoms with Crippen molar-refractivity contribution in [1.82, 2.24) is 15.2 Å². The van der Waals surface area contributed by atoms with Crippen molar-refractivity contribution in [3.05, 3.63) is 78.7 Å². The maximum Gasteiger partial charge on any atom is 0.319 e. The SMILES string of the molecule is NC1=NC=CN2C1=CN(c1cccc(CNC(=O)Nc3cccnc3)c1)C2C1CC1. The fraction of sp³-hybridized carbons (Fsp3) is 0.227. The number of fused-ring (bicyclic) bond motifs is 1. The first-order chi connectivity index (χ1) is 14.7. The zero-order chi connectivity index (χ0) is 20.5. The smallest absolute Gasteiger partial charge is 0.319 e. The van der Waals surface area contributed by atoms with Crippen LogP contribution in [-0.2, 0) is 6.54 Å². The quantitative estimate of drug-likeness (QED) is 0.715. The molecule has 1 fully saturated rings. The summed E-state index contributed by atoms with van der Waals surface area (Å²) < 4.78 is 0. The Balaban J connectivity index is 1.30. The van der Waals surface area contributed by atoms with Gasteiger partial charge in [-0.25, -0.2) is 9.79 Å². The summed E-state index contributed by atoms with van der Waals surface area (Å²) in [5.74, 6) is 1.14. The molecule has 1 unspecified atom stereocenters. The van der Waals surface area contributed by atoms with E-state index in [1.54, 1.807) is 30.7 Å². The fourth-order valence-electron chi connectivity index (χ4n) is 3.87. The van der Waals surface area contributed by atoms with Crippen molar-refractivity contribution >= 4 is 23.2 Å². The first-order valence-electron chi connectivity index (χ1n) is 10.0. The lowest BCUT2D eigenvalue weighted by atomic mass is 10.1. The van der Waals surface area contributed by atoms with Gasteiger partial charge in [0.2, 0.25) is 0 Å². The number of nitrogens with one attached hydrogen (secondary N) is 2. The van der Waals surface area contributed by atoms with E-state index in [0.29, 0.717) is 24.0 Å². The summed E-state index contributed by atoms with van der Waals surface area (Å²) in [6.07, 6.45) is 11.7. The first kappa shape index (κ1) is 18.2. The van der Waals surface area contributed by atoms with E-state index in [4.69, 9.17) is 5.73 Å². The highest BCUT2D eigenvalue weighted by Gasteiger charge is 2.44. The summed E-state index contributed by atoms with van der Waals surface area (Å²) in [6.45, 7) is 0.422. The van der Waals surface area contributed by atoms with Gasteiger partial charge in [-0.1, -0.05) is 12.1 Å². The number of carbonyl (C=O) groups is 1. The highest BCUT2D eigenvalue weighted by atomic mass is 16.2. The number of amides is 2. The van der Waals surface area contributed by atoms with Crippen molar-refractivity contribution in [3.8, 4) is 0 Å². The van der Waals surface area contributed by atoms with Gasteiger partial charge in [0.1, 0.15) is 17.7 Å². The monoisotopic (exact) mass is 401 g/mol. The molecule has 152 valence electrons. The lowest BCUT2D eigenvalue weighted by Crippen LogP contribution is -2.41. The van der Waals surface area contributed by atoms with Gasteiger partial charge in [0.25, 0.3) is 0 Å². The summed E-state index contributed by atoms with van der Waals surface area (Å²) in [7, 11) is 0. The maximum atomic E-state index is 12.2. The van der Waals surface area contributed by atoms with Crippen LogP contribution in [0, 0.1) is 5.92 Å². The van der Waals surface area contributed by atoms with Gasteiger partial charge in [-0.15, -0.1) is 0 Å². The number of rotatable bonds is 5. The largest absolute Gasteiger partial charge is 0.382 e. The van der Waals surface area contributed by atoms with Gasteiger partial charge in [0.05, 0.1) is 11.9 Å². The van der Waals surface area contributed by atoms with Crippen molar-refractivity contribution in [2.24, 2.45) is 16.6 Å². The van der Waals surface area contributed by atoms with Gasteiger partial charge in [-0.2, -0.15) is 0 Å². The molecule has 0 bridgehead atoms. The molecule has 1 aliphatic carbocycles. The lowest BCUT2D eigenvalue weighted by Gasteiger charge is -2.33. The standard InChI is InChI=1S/C22H23N7O/c23-20-19-14-29(21(16-6-7-16)28(19)10-9-25-20)18-5-1-3-15(11-18)12-26-22(30)27-17-4-2-8-24-13-17/h1-5,8-11,13-14,16,21H,6-7,12H2,(H2,23,25)(H2,26,27,30). The molecule has 1 aromatic carbocycles. The van der Waals surface area contributed by atoms with E-state index in [1.165, 1.54) is 12.8 Å². The minimum absolute atomic E-state index is 0.211. The Bertz CT molecular complexity index is 1040. The van der Waals surface area contributed by atoms with Gasteiger partial charge in [0, 0.05) is 37.0 Å². The third-order valence-electron chi connectivity index (χ3n) is 5.44. The number of aliphatic imine (C=N–C) groups is 1. The zero-order valence-corrected chi connectivity index (χ0v) is 16.4. The molecule has 3 heterocycles. The fourth-order valence-corrected chi connectivity index (χ4v) is 3.87. The molecular weight excluding hydrogens is 378 g/mol. The highest BCUT2D eigenvalue weighted by molar-refractivity contribution is 5.99. The van der Waals surface area contributed by atoms with Crippen LogP contribution in [0.4, 0.5) is 16.2 Å². The summed E-state index contributed by atoms with van der Waals surface area (Å²) in [5, 5.41) is 5.67. The van der Waals surface area contributed by atoms with E-state index in [9.17, 15) is 4.79 Å². The van der Waals surface area contributed by atoms with Gasteiger partial charge < -0.3 is 26.2 Å². The third-order valence-corrected chi connectivity index (χ3v) is 5.44. The normalized spacial score (nSPS) is 19.8. The number of urea groups is 1. The van der Waals surface area contributed by atoms with Crippen molar-refractivity contribution in [2.45, 2.75) is 25.6 Å². The molecule has 2 amide bonds. The molecule has 30 heavy (non-hydrogen) atoms. The van der Waals surface area contributed by atoms with Crippen molar-refractivity contribution in [3.63, 3.8) is 0 Å². The zero-order valence-electron chi connectivity index (χ0n) is 16.4. The molecule has 3 aliphatic rings. The van der Waals surface area contributed by atoms with Gasteiger partial charge in [-0.05, 0) is 48.6 Å². The van der Waals surface area contributed by atoms with Crippen molar-refractivity contribution in [2.75, 3.05) is 10.2 Å². The van der Waals surface area contributed by atoms with Crippen LogP contribution in [-0.4, -0.2) is 27.9 Å². The Labute approximate surface area is 174 Å². The Morgan fingerprint density at radius 2 is 2.10 bits per heavy atom. The van der Waals surface area contributed by atoms with E-state index in [-0.39, 0.29) is 12.2 Å². The molecule has 2 aromatic rings. The highest BCUT2D eigenvalue weighted by Crippen LogP contribution is 2.44. The van der Waals surface area contributed by atoms with Crippen molar-refractivity contribution in [1.29, 1.82) is 0 Å². The molecular formula is C22H23N7O. The second-order valence-electron chi connectivity index (χ2n) is 7.61. The molecule has 1 aromatic heterocycles. The Hall–Kier alpha value is -3.81. The van der Waals surface area contributed by atoms with Crippen LogP contribution < -0.4 is 21.3 Å². The summed E-state index contributed by atoms with van der Waals surface area (Å²) >= 11 is 0. The predicted molar refractivity (Wildman–Crippen MR) is 116 cm³/mol. The maximum absolute atomic E-state index is 12.2. The number of aromatic nitrogens is 1. The minimum atomic E-state index is -0.265. The van der Waals surface area contributed by atoms with Crippen LogP contribution in [0.25, 0.3) is 0 Å². The van der Waals surface area contributed by atoms with E-state index in [1.807, 2.05) is 18.3 Å². The van der Waals surface area contributed by atoms with Crippen LogP contribution in [0.1, 0.15) is 18.4 Å². The molecule has 0 saturated heterocycles. The van der Waals surface area contributed by atoms with Gasteiger partial charge in [0.15, 0.2) is 0 Å². The number of pyridine rings is 1. The van der Waals surface area contributed by atoms with Gasteiger partial charge >= 0.3 is 6.03 Å². The average Bonchev–Trinajstić information content (AvgIpc) is 3.53. The molecule has 1 atom stereocenters. The number of nitrogens with zero attached hydrogens (tertiary/aromatic N) is 4. The van der Waals surface area contributed by atoms with Crippen molar-refractivity contribution < 1.29 is 4.79 Å². The summed E-state index contributed by atoms with van der Waals surface area (Å²) in [5.41, 5.74) is 9.80. The van der Waals surface area contributed by atoms with Crippen LogP contribution >= 0.6 is 0 Å². The topological polar surface area (TPSA) is 98.9 Å². The van der Waals surface area contributed by atoms with Crippen LogP contribution in [0.3, 0.4) is 0 Å². The number of amidine groups is 1. The average molecular weight is 401 g/mol. The first-order valence-corrected chi connectivity index (χ1v) is 10.0. The molecule has 8 nitrogen and oxygen atoms in total. The molecule has 0 radical (unpaired) electrons. The summed E-state index contributed by atoms with van der Waals surface area (Å²) in [6, 6.07) is 11.5. The second-order valence-corrected chi connectivity index (χ2v) is 7.61. The number of hydrogen-bond acceptors (Lipinski definition) is 6. The van der Waals surface area contributed by atoms with Gasteiger partial charge in [-0.3, -0.25) is 4.98 Å². The number of carbonyl (C=O) groups excluding carboxylic acids is 1. The van der Waals surface area contributed by atoms with E-state index < -0.39 is 0 Å². The molecule has 4 N–H and O–H groups in total. The number of anilines is 2.